The van der Waals surface area contributed by atoms with Gasteiger partial charge >= 0.3 is 0 Å². The van der Waals surface area contributed by atoms with Gasteiger partial charge in [0, 0.05) is 13.2 Å². The van der Waals surface area contributed by atoms with Gasteiger partial charge in [0.25, 0.3) is 0 Å². The normalized spacial score (nSPS) is 16.0. The molecular formula is C17H28O2. The van der Waals surface area contributed by atoms with E-state index in [9.17, 15) is 0 Å². The molecular weight excluding hydrogens is 236 g/mol. The van der Waals surface area contributed by atoms with E-state index in [0.717, 1.165) is 13.0 Å². The van der Waals surface area contributed by atoms with E-state index in [4.69, 9.17) is 9.84 Å². The third kappa shape index (κ3) is 7.34. The molecule has 0 aliphatic rings. The minimum absolute atomic E-state index is 0.295. The summed E-state index contributed by atoms with van der Waals surface area (Å²) in [4.78, 5) is 0. The molecule has 1 rings (SSSR count). The molecule has 2 nitrogen and oxygen atoms in total. The van der Waals surface area contributed by atoms with Gasteiger partial charge in [0.05, 0.1) is 6.61 Å². The second-order valence-electron chi connectivity index (χ2n) is 5.97. The minimum atomic E-state index is 0.295. The minimum Gasteiger partial charge on any atom is -0.396 e. The summed E-state index contributed by atoms with van der Waals surface area (Å²) in [7, 11) is 0. The fourth-order valence-corrected chi connectivity index (χ4v) is 2.56. The summed E-state index contributed by atoms with van der Waals surface area (Å²) in [5, 5.41) is 9.06. The Morgan fingerprint density at radius 1 is 0.947 bits per heavy atom. The van der Waals surface area contributed by atoms with Crippen LogP contribution in [0.3, 0.4) is 0 Å². The number of ether oxygens (including phenoxy) is 1. The highest BCUT2D eigenvalue weighted by atomic mass is 16.5. The number of hydrogen-bond acceptors (Lipinski definition) is 2. The largest absolute Gasteiger partial charge is 0.396 e. The molecule has 0 amide bonds. The van der Waals surface area contributed by atoms with Gasteiger partial charge in [0.2, 0.25) is 0 Å². The molecule has 2 heteroatoms. The molecule has 0 fully saturated rings. The molecule has 0 saturated heterocycles. The number of rotatable bonds is 9. The zero-order chi connectivity index (χ0) is 14.1. The Morgan fingerprint density at radius 2 is 1.58 bits per heavy atom. The number of hydrogen-bond donors (Lipinski definition) is 1. The highest BCUT2D eigenvalue weighted by Gasteiger charge is 2.12. The van der Waals surface area contributed by atoms with Gasteiger partial charge in [-0.2, -0.15) is 0 Å². The van der Waals surface area contributed by atoms with Crippen LogP contribution in [0.1, 0.15) is 39.2 Å². The lowest BCUT2D eigenvalue weighted by molar-refractivity contribution is 0.0825. The van der Waals surface area contributed by atoms with E-state index in [1.807, 2.05) is 18.2 Å². The summed E-state index contributed by atoms with van der Waals surface area (Å²) >= 11 is 0. The highest BCUT2D eigenvalue weighted by Crippen LogP contribution is 2.20. The van der Waals surface area contributed by atoms with E-state index in [2.05, 4.69) is 32.9 Å². The highest BCUT2D eigenvalue weighted by molar-refractivity contribution is 5.13. The van der Waals surface area contributed by atoms with Gasteiger partial charge in [-0.15, -0.1) is 0 Å². The molecule has 0 saturated carbocycles. The average Bonchev–Trinajstić information content (AvgIpc) is 2.39. The molecule has 19 heavy (non-hydrogen) atoms. The van der Waals surface area contributed by atoms with Crippen molar-refractivity contribution in [1.29, 1.82) is 0 Å². The summed E-state index contributed by atoms with van der Waals surface area (Å²) in [5.41, 5.74) is 1.23. The van der Waals surface area contributed by atoms with Crippen LogP contribution in [0, 0.1) is 17.8 Å². The van der Waals surface area contributed by atoms with E-state index >= 15 is 0 Å². The smallest absolute Gasteiger partial charge is 0.0717 e. The van der Waals surface area contributed by atoms with Crippen molar-refractivity contribution < 1.29 is 9.84 Å². The van der Waals surface area contributed by atoms with Crippen LogP contribution < -0.4 is 0 Å². The van der Waals surface area contributed by atoms with E-state index in [-0.39, 0.29) is 0 Å². The average molecular weight is 264 g/mol. The summed E-state index contributed by atoms with van der Waals surface area (Å²) in [6, 6.07) is 10.3. The summed E-state index contributed by atoms with van der Waals surface area (Å²) in [6.07, 6.45) is 2.26. The fourth-order valence-electron chi connectivity index (χ4n) is 2.56. The Bertz CT molecular complexity index is 323. The zero-order valence-corrected chi connectivity index (χ0v) is 12.5. The van der Waals surface area contributed by atoms with E-state index in [0.29, 0.717) is 31.0 Å². The SMILES string of the molecule is C[C@@H](C[C@H](C)CO)C[C@H](C)COCc1ccccc1. The van der Waals surface area contributed by atoms with Gasteiger partial charge in [-0.1, -0.05) is 51.1 Å². The van der Waals surface area contributed by atoms with Crippen LogP contribution in [-0.4, -0.2) is 18.3 Å². The van der Waals surface area contributed by atoms with Gasteiger partial charge in [-0.25, -0.2) is 0 Å². The fraction of sp³-hybridized carbons (Fsp3) is 0.647. The predicted molar refractivity (Wildman–Crippen MR) is 79.9 cm³/mol. The maximum atomic E-state index is 9.06. The Kier molecular flexibility index (Phi) is 7.76. The molecule has 0 heterocycles. The quantitative estimate of drug-likeness (QED) is 0.733. The van der Waals surface area contributed by atoms with Crippen molar-refractivity contribution in [2.45, 2.75) is 40.2 Å². The molecule has 1 N–H and O–H groups in total. The topological polar surface area (TPSA) is 29.5 Å². The number of benzene rings is 1. The van der Waals surface area contributed by atoms with Crippen LogP contribution in [-0.2, 0) is 11.3 Å². The molecule has 3 atom stereocenters. The predicted octanol–water partition coefficient (Wildman–Crippen LogP) is 3.88. The Balaban J connectivity index is 2.15. The second-order valence-corrected chi connectivity index (χ2v) is 5.97. The van der Waals surface area contributed by atoms with Crippen molar-refractivity contribution in [2.75, 3.05) is 13.2 Å². The van der Waals surface area contributed by atoms with Crippen LogP contribution in [0.2, 0.25) is 0 Å². The summed E-state index contributed by atoms with van der Waals surface area (Å²) in [5.74, 6) is 1.63. The first-order valence-electron chi connectivity index (χ1n) is 7.34. The molecule has 0 aromatic heterocycles. The van der Waals surface area contributed by atoms with Crippen LogP contribution in [0.4, 0.5) is 0 Å². The number of aliphatic hydroxyl groups is 1. The first-order chi connectivity index (χ1) is 9.11. The van der Waals surface area contributed by atoms with Gasteiger partial charge in [0.1, 0.15) is 0 Å². The Morgan fingerprint density at radius 3 is 2.21 bits per heavy atom. The monoisotopic (exact) mass is 264 g/mol. The van der Waals surface area contributed by atoms with Gasteiger partial charge in [0.15, 0.2) is 0 Å². The number of aliphatic hydroxyl groups excluding tert-OH is 1. The lowest BCUT2D eigenvalue weighted by atomic mass is 9.90. The molecule has 0 unspecified atom stereocenters. The van der Waals surface area contributed by atoms with E-state index in [1.165, 1.54) is 12.0 Å². The Labute approximate surface area is 117 Å². The van der Waals surface area contributed by atoms with Crippen LogP contribution in [0.5, 0.6) is 0 Å². The molecule has 0 radical (unpaired) electrons. The first kappa shape index (κ1) is 16.2. The van der Waals surface area contributed by atoms with Crippen LogP contribution in [0.25, 0.3) is 0 Å². The first-order valence-corrected chi connectivity index (χ1v) is 7.34. The van der Waals surface area contributed by atoms with Crippen LogP contribution >= 0.6 is 0 Å². The van der Waals surface area contributed by atoms with Crippen molar-refractivity contribution in [2.24, 2.45) is 17.8 Å². The van der Waals surface area contributed by atoms with E-state index in [1.54, 1.807) is 0 Å². The van der Waals surface area contributed by atoms with Gasteiger partial charge in [-0.05, 0) is 36.2 Å². The Hall–Kier alpha value is -0.860. The van der Waals surface area contributed by atoms with Crippen molar-refractivity contribution in [3.63, 3.8) is 0 Å². The second kappa shape index (κ2) is 9.11. The van der Waals surface area contributed by atoms with E-state index < -0.39 is 0 Å². The molecule has 0 spiro atoms. The summed E-state index contributed by atoms with van der Waals surface area (Å²) in [6.45, 7) is 8.42. The zero-order valence-electron chi connectivity index (χ0n) is 12.5. The van der Waals surface area contributed by atoms with Gasteiger partial charge in [-0.3, -0.25) is 0 Å². The van der Waals surface area contributed by atoms with Crippen molar-refractivity contribution in [1.82, 2.24) is 0 Å². The summed E-state index contributed by atoms with van der Waals surface area (Å²) < 4.78 is 5.76. The maximum Gasteiger partial charge on any atom is 0.0717 e. The lowest BCUT2D eigenvalue weighted by Crippen LogP contribution is -2.13. The molecule has 0 bridgehead atoms. The van der Waals surface area contributed by atoms with Crippen molar-refractivity contribution in [3.05, 3.63) is 35.9 Å². The van der Waals surface area contributed by atoms with Crippen molar-refractivity contribution in [3.8, 4) is 0 Å². The lowest BCUT2D eigenvalue weighted by Gasteiger charge is -2.19. The standard InChI is InChI=1S/C17H28O2/c1-14(9-15(2)11-18)10-16(3)12-19-13-17-7-5-4-6-8-17/h4-8,14-16,18H,9-13H2,1-3H3/t14-,15-,16-/m0/s1. The van der Waals surface area contributed by atoms with Crippen LogP contribution in [0.15, 0.2) is 30.3 Å². The third-order valence-corrected chi connectivity index (χ3v) is 3.44. The molecule has 0 aliphatic carbocycles. The maximum absolute atomic E-state index is 9.06. The van der Waals surface area contributed by atoms with Crippen molar-refractivity contribution >= 4 is 0 Å². The molecule has 0 aliphatic heterocycles. The molecule has 108 valence electrons. The molecule has 1 aromatic rings. The third-order valence-electron chi connectivity index (χ3n) is 3.44. The van der Waals surface area contributed by atoms with Gasteiger partial charge < -0.3 is 9.84 Å². The molecule has 1 aromatic carbocycles.